The van der Waals surface area contributed by atoms with Crippen LogP contribution in [-0.4, -0.2) is 21.1 Å². The van der Waals surface area contributed by atoms with Crippen molar-refractivity contribution in [2.24, 2.45) is 0 Å². The zero-order chi connectivity index (χ0) is 12.6. The second-order valence-electron chi connectivity index (χ2n) is 5.29. The third kappa shape index (κ3) is 16.8. The van der Waals surface area contributed by atoms with Crippen LogP contribution < -0.4 is 0 Å². The molecule has 0 nitrogen and oxygen atoms in total. The monoisotopic (exact) mass is 346 g/mol. The quantitative estimate of drug-likeness (QED) is 0.258. The maximum atomic E-state index is 2.30. The Morgan fingerprint density at radius 1 is 0.471 bits per heavy atom. The SMILES string of the molecule is CCCCCCC[CH2][Sn+][CH2]CCCCCCC. The molecule has 0 bridgehead atoms. The summed E-state index contributed by atoms with van der Waals surface area (Å²) in [4.78, 5) is 0. The third-order valence-electron chi connectivity index (χ3n) is 3.41. The Labute approximate surface area is 121 Å². The molecule has 0 aliphatic carbocycles. The van der Waals surface area contributed by atoms with E-state index >= 15 is 0 Å². The van der Waals surface area contributed by atoms with Gasteiger partial charge in [0.1, 0.15) is 0 Å². The van der Waals surface area contributed by atoms with Crippen molar-refractivity contribution >= 4 is 21.1 Å². The number of hydrogen-bond acceptors (Lipinski definition) is 0. The predicted molar refractivity (Wildman–Crippen MR) is 82.1 cm³/mol. The van der Waals surface area contributed by atoms with Crippen LogP contribution >= 0.6 is 0 Å². The van der Waals surface area contributed by atoms with Gasteiger partial charge in [0.2, 0.25) is 0 Å². The van der Waals surface area contributed by atoms with Gasteiger partial charge >= 0.3 is 121 Å². The molecular weight excluding hydrogens is 311 g/mol. The van der Waals surface area contributed by atoms with E-state index in [1.54, 1.807) is 21.7 Å². The van der Waals surface area contributed by atoms with E-state index in [0.29, 0.717) is 0 Å². The van der Waals surface area contributed by atoms with Crippen LogP contribution in [0.5, 0.6) is 0 Å². The average Bonchev–Trinajstić information content (AvgIpc) is 2.35. The van der Waals surface area contributed by atoms with E-state index in [0.717, 1.165) is 0 Å². The van der Waals surface area contributed by atoms with Gasteiger partial charge in [-0.2, -0.15) is 0 Å². The molecule has 0 atom stereocenters. The molecule has 1 heteroatoms. The fraction of sp³-hybridized carbons (Fsp3) is 1.00. The molecule has 0 heterocycles. The molecule has 0 spiro atoms. The molecule has 0 aromatic rings. The standard InChI is InChI=1S/2C8H17.Sn/c2*1-3-5-7-8-6-4-2;/h2*1,3-8H2,2H3;/q;;+1. The molecule has 0 aromatic heterocycles. The minimum atomic E-state index is 0.0736. The summed E-state index contributed by atoms with van der Waals surface area (Å²) in [5, 5.41) is 0. The van der Waals surface area contributed by atoms with Crippen LogP contribution in [-0.2, 0) is 0 Å². The fourth-order valence-electron chi connectivity index (χ4n) is 2.19. The molecule has 0 amide bonds. The van der Waals surface area contributed by atoms with Crippen molar-refractivity contribution in [1.29, 1.82) is 0 Å². The molecule has 101 valence electrons. The zero-order valence-electron chi connectivity index (χ0n) is 12.4. The predicted octanol–water partition coefficient (Wildman–Crippen LogP) is 6.25. The summed E-state index contributed by atoms with van der Waals surface area (Å²) < 4.78 is 3.31. The van der Waals surface area contributed by atoms with Crippen LogP contribution in [0.4, 0.5) is 0 Å². The first-order valence-electron chi connectivity index (χ1n) is 8.12. The zero-order valence-corrected chi connectivity index (χ0v) is 15.3. The third-order valence-corrected chi connectivity index (χ3v) is 7.45. The van der Waals surface area contributed by atoms with Gasteiger partial charge in [0, 0.05) is 0 Å². The molecule has 0 rings (SSSR count). The molecule has 0 N–H and O–H groups in total. The number of rotatable bonds is 14. The number of hydrogen-bond donors (Lipinski definition) is 0. The second-order valence-corrected chi connectivity index (χ2v) is 9.57. The maximum absolute atomic E-state index is 2.30. The van der Waals surface area contributed by atoms with E-state index in [4.69, 9.17) is 0 Å². The molecule has 0 aliphatic heterocycles. The van der Waals surface area contributed by atoms with E-state index in [-0.39, 0.29) is 21.1 Å². The molecular formula is C16H34Sn+. The number of unbranched alkanes of at least 4 members (excludes halogenated alkanes) is 10. The molecule has 1 radical (unpaired) electrons. The minimum absolute atomic E-state index is 0.0736. The van der Waals surface area contributed by atoms with E-state index in [9.17, 15) is 0 Å². The Morgan fingerprint density at radius 3 is 1.24 bits per heavy atom. The first-order valence-corrected chi connectivity index (χ1v) is 12.2. The average molecular weight is 345 g/mol. The molecule has 0 aliphatic rings. The van der Waals surface area contributed by atoms with Gasteiger partial charge in [0.25, 0.3) is 0 Å². The summed E-state index contributed by atoms with van der Waals surface area (Å²) in [7, 11) is 0. The van der Waals surface area contributed by atoms with Crippen LogP contribution in [0, 0.1) is 0 Å². The van der Waals surface area contributed by atoms with Gasteiger partial charge < -0.3 is 0 Å². The molecule has 0 saturated carbocycles. The summed E-state index contributed by atoms with van der Waals surface area (Å²) >= 11 is 0.0736. The van der Waals surface area contributed by atoms with Crippen LogP contribution in [0.2, 0.25) is 8.87 Å². The van der Waals surface area contributed by atoms with Gasteiger partial charge in [-0.15, -0.1) is 0 Å². The van der Waals surface area contributed by atoms with Gasteiger partial charge in [-0.25, -0.2) is 0 Å². The van der Waals surface area contributed by atoms with Crippen molar-refractivity contribution in [1.82, 2.24) is 0 Å². The first kappa shape index (κ1) is 17.8. The summed E-state index contributed by atoms with van der Waals surface area (Å²) in [6.45, 7) is 4.60. The summed E-state index contributed by atoms with van der Waals surface area (Å²) in [6, 6.07) is 0. The van der Waals surface area contributed by atoms with Crippen LogP contribution in [0.1, 0.15) is 90.9 Å². The van der Waals surface area contributed by atoms with Crippen molar-refractivity contribution in [3.05, 3.63) is 0 Å². The van der Waals surface area contributed by atoms with Gasteiger partial charge in [-0.05, 0) is 0 Å². The van der Waals surface area contributed by atoms with Crippen molar-refractivity contribution in [2.75, 3.05) is 0 Å². The van der Waals surface area contributed by atoms with Gasteiger partial charge in [-0.1, -0.05) is 0 Å². The van der Waals surface area contributed by atoms with Crippen molar-refractivity contribution in [3.8, 4) is 0 Å². The first-order chi connectivity index (χ1) is 8.41. The van der Waals surface area contributed by atoms with Gasteiger partial charge in [0.05, 0.1) is 0 Å². The topological polar surface area (TPSA) is 0 Å². The van der Waals surface area contributed by atoms with Crippen LogP contribution in [0.15, 0.2) is 0 Å². The summed E-state index contributed by atoms with van der Waals surface area (Å²) in [6.07, 6.45) is 17.8. The Bertz CT molecular complexity index is 109. The second kappa shape index (κ2) is 16.8. The normalized spacial score (nSPS) is 10.7. The molecule has 0 unspecified atom stereocenters. The molecule has 17 heavy (non-hydrogen) atoms. The van der Waals surface area contributed by atoms with Crippen LogP contribution in [0.3, 0.4) is 0 Å². The Hall–Kier alpha value is 0.799. The molecule has 0 aromatic carbocycles. The van der Waals surface area contributed by atoms with E-state index < -0.39 is 0 Å². The van der Waals surface area contributed by atoms with Crippen molar-refractivity contribution < 1.29 is 0 Å². The molecule has 0 saturated heterocycles. The van der Waals surface area contributed by atoms with E-state index in [1.165, 1.54) is 64.2 Å². The summed E-state index contributed by atoms with van der Waals surface area (Å²) in [5.41, 5.74) is 0. The molecule has 0 fully saturated rings. The van der Waals surface area contributed by atoms with E-state index in [2.05, 4.69) is 13.8 Å². The summed E-state index contributed by atoms with van der Waals surface area (Å²) in [5.74, 6) is 0. The van der Waals surface area contributed by atoms with Crippen molar-refractivity contribution in [2.45, 2.75) is 99.8 Å². The Kier molecular flexibility index (Phi) is 17.6. The fourth-order valence-corrected chi connectivity index (χ4v) is 5.75. The Morgan fingerprint density at radius 2 is 0.824 bits per heavy atom. The van der Waals surface area contributed by atoms with Gasteiger partial charge in [0.15, 0.2) is 0 Å². The Balaban J connectivity index is 2.85. The van der Waals surface area contributed by atoms with Crippen LogP contribution in [0.25, 0.3) is 0 Å². The van der Waals surface area contributed by atoms with Crippen molar-refractivity contribution in [3.63, 3.8) is 0 Å². The van der Waals surface area contributed by atoms with E-state index in [1.807, 2.05) is 0 Å². The van der Waals surface area contributed by atoms with Gasteiger partial charge in [-0.3, -0.25) is 0 Å².